The maximum Gasteiger partial charge on any atom is 0.253 e. The van der Waals surface area contributed by atoms with Gasteiger partial charge in [-0.25, -0.2) is 0 Å². The Kier molecular flexibility index (Phi) is 5.65. The smallest absolute Gasteiger partial charge is 0.253 e. The first-order valence-corrected chi connectivity index (χ1v) is 10.7. The molecule has 0 bridgehead atoms. The van der Waals surface area contributed by atoms with Gasteiger partial charge in [0.25, 0.3) is 5.91 Å². The van der Waals surface area contributed by atoms with Gasteiger partial charge >= 0.3 is 0 Å². The molecule has 0 atom stereocenters. The van der Waals surface area contributed by atoms with Crippen LogP contribution in [-0.4, -0.2) is 60.9 Å². The average molecular weight is 370 g/mol. The zero-order valence-electron chi connectivity index (χ0n) is 16.2. The molecule has 1 aliphatic carbocycles. The van der Waals surface area contributed by atoms with Crippen molar-refractivity contribution in [2.24, 2.45) is 5.92 Å². The van der Waals surface area contributed by atoms with Gasteiger partial charge in [0.2, 0.25) is 5.91 Å². The quantitative estimate of drug-likeness (QED) is 0.822. The second kappa shape index (κ2) is 8.32. The second-order valence-corrected chi connectivity index (χ2v) is 8.19. The summed E-state index contributed by atoms with van der Waals surface area (Å²) >= 11 is 0. The molecule has 2 saturated heterocycles. The molecule has 2 heterocycles. The van der Waals surface area contributed by atoms with Gasteiger partial charge < -0.3 is 14.7 Å². The summed E-state index contributed by atoms with van der Waals surface area (Å²) < 4.78 is 0. The maximum absolute atomic E-state index is 12.8. The average Bonchev–Trinajstić information content (AvgIpc) is 3.28. The van der Waals surface area contributed by atoms with Gasteiger partial charge in [0, 0.05) is 56.4 Å². The standard InChI is InChI=1S/C22H31N3O2/c26-21(18-6-2-1-3-7-18)24-14-16-25(17-15-24)22(27)19-8-10-20(11-9-19)23-12-4-5-13-23/h8-11,18H,1-7,12-17H2. The van der Waals surface area contributed by atoms with Gasteiger partial charge in [-0.15, -0.1) is 0 Å². The van der Waals surface area contributed by atoms with Crippen LogP contribution in [0.5, 0.6) is 0 Å². The van der Waals surface area contributed by atoms with Crippen LogP contribution in [0.3, 0.4) is 0 Å². The van der Waals surface area contributed by atoms with Crippen LogP contribution in [0.4, 0.5) is 5.69 Å². The minimum atomic E-state index is 0.0905. The topological polar surface area (TPSA) is 43.9 Å². The van der Waals surface area contributed by atoms with Crippen LogP contribution < -0.4 is 4.90 Å². The molecule has 0 unspecified atom stereocenters. The molecular weight excluding hydrogens is 338 g/mol. The van der Waals surface area contributed by atoms with E-state index in [1.54, 1.807) is 0 Å². The zero-order chi connectivity index (χ0) is 18.6. The van der Waals surface area contributed by atoms with Gasteiger partial charge in [0.05, 0.1) is 0 Å². The van der Waals surface area contributed by atoms with E-state index in [1.807, 2.05) is 21.9 Å². The van der Waals surface area contributed by atoms with Crippen LogP contribution in [0.1, 0.15) is 55.3 Å². The molecule has 3 aliphatic rings. The minimum Gasteiger partial charge on any atom is -0.372 e. The number of carbonyl (C=O) groups is 2. The monoisotopic (exact) mass is 369 g/mol. The second-order valence-electron chi connectivity index (χ2n) is 8.19. The van der Waals surface area contributed by atoms with Gasteiger partial charge in [-0.1, -0.05) is 19.3 Å². The van der Waals surface area contributed by atoms with E-state index in [0.29, 0.717) is 32.1 Å². The molecule has 0 spiro atoms. The van der Waals surface area contributed by atoms with Crippen LogP contribution in [0.15, 0.2) is 24.3 Å². The van der Waals surface area contributed by atoms with Gasteiger partial charge in [-0.05, 0) is 49.9 Å². The highest BCUT2D eigenvalue weighted by molar-refractivity contribution is 5.94. The van der Waals surface area contributed by atoms with E-state index in [1.165, 1.54) is 37.8 Å². The van der Waals surface area contributed by atoms with Crippen LogP contribution in [0.25, 0.3) is 0 Å². The molecule has 146 valence electrons. The molecule has 4 rings (SSSR count). The normalized spacial score (nSPS) is 21.6. The zero-order valence-corrected chi connectivity index (χ0v) is 16.2. The number of amides is 2. The third kappa shape index (κ3) is 4.12. The number of hydrogen-bond acceptors (Lipinski definition) is 3. The fraction of sp³-hybridized carbons (Fsp3) is 0.636. The number of piperazine rings is 1. The molecule has 2 amide bonds. The molecule has 3 fully saturated rings. The van der Waals surface area contributed by atoms with E-state index in [2.05, 4.69) is 17.0 Å². The molecule has 1 aromatic rings. The van der Waals surface area contributed by atoms with Gasteiger partial charge in [0.15, 0.2) is 0 Å². The lowest BCUT2D eigenvalue weighted by Gasteiger charge is -2.37. The highest BCUT2D eigenvalue weighted by Gasteiger charge is 2.30. The van der Waals surface area contributed by atoms with E-state index in [-0.39, 0.29) is 11.8 Å². The van der Waals surface area contributed by atoms with Gasteiger partial charge in [-0.2, -0.15) is 0 Å². The first-order chi connectivity index (χ1) is 13.2. The van der Waals surface area contributed by atoms with Crippen molar-refractivity contribution in [2.75, 3.05) is 44.2 Å². The molecular formula is C22H31N3O2. The maximum atomic E-state index is 12.8. The van der Waals surface area contributed by atoms with Crippen molar-refractivity contribution in [2.45, 2.75) is 44.9 Å². The van der Waals surface area contributed by atoms with E-state index in [4.69, 9.17) is 0 Å². The first-order valence-electron chi connectivity index (χ1n) is 10.7. The fourth-order valence-corrected chi connectivity index (χ4v) is 4.71. The number of rotatable bonds is 3. The van der Waals surface area contributed by atoms with Crippen molar-refractivity contribution in [3.8, 4) is 0 Å². The highest BCUT2D eigenvalue weighted by atomic mass is 16.2. The Morgan fingerprint density at radius 3 is 1.93 bits per heavy atom. The van der Waals surface area contributed by atoms with Gasteiger partial charge in [-0.3, -0.25) is 9.59 Å². The van der Waals surface area contributed by atoms with E-state index in [0.717, 1.165) is 31.5 Å². The SMILES string of the molecule is O=C(c1ccc(N2CCCC2)cc1)N1CCN(C(=O)C2CCCCC2)CC1. The van der Waals surface area contributed by atoms with Crippen LogP contribution >= 0.6 is 0 Å². The summed E-state index contributed by atoms with van der Waals surface area (Å²) in [5, 5.41) is 0. The minimum absolute atomic E-state index is 0.0905. The fourth-order valence-electron chi connectivity index (χ4n) is 4.71. The van der Waals surface area contributed by atoms with Crippen molar-refractivity contribution in [1.29, 1.82) is 0 Å². The lowest BCUT2D eigenvalue weighted by atomic mass is 9.88. The molecule has 1 saturated carbocycles. The number of benzene rings is 1. The molecule has 0 N–H and O–H groups in total. The summed E-state index contributed by atoms with van der Waals surface area (Å²) in [7, 11) is 0. The Balaban J connectivity index is 1.31. The predicted octanol–water partition coefficient (Wildman–Crippen LogP) is 3.15. The Hall–Kier alpha value is -2.04. The third-order valence-electron chi connectivity index (χ3n) is 6.42. The lowest BCUT2D eigenvalue weighted by Crippen LogP contribution is -2.52. The van der Waals surface area contributed by atoms with Crippen molar-refractivity contribution < 1.29 is 9.59 Å². The molecule has 5 heteroatoms. The molecule has 0 radical (unpaired) electrons. The van der Waals surface area contributed by atoms with Crippen molar-refractivity contribution in [3.05, 3.63) is 29.8 Å². The molecule has 2 aliphatic heterocycles. The first kappa shape index (κ1) is 18.3. The Morgan fingerprint density at radius 2 is 1.30 bits per heavy atom. The van der Waals surface area contributed by atoms with E-state index in [9.17, 15) is 9.59 Å². The Labute approximate surface area is 162 Å². The Bertz CT molecular complexity index is 653. The largest absolute Gasteiger partial charge is 0.372 e. The summed E-state index contributed by atoms with van der Waals surface area (Å²) in [6.45, 7) is 4.87. The lowest BCUT2D eigenvalue weighted by molar-refractivity contribution is -0.138. The molecule has 1 aromatic carbocycles. The summed E-state index contributed by atoms with van der Waals surface area (Å²) in [5.41, 5.74) is 1.97. The van der Waals surface area contributed by atoms with Crippen molar-refractivity contribution >= 4 is 17.5 Å². The predicted molar refractivity (Wildman–Crippen MR) is 107 cm³/mol. The molecule has 27 heavy (non-hydrogen) atoms. The number of carbonyl (C=O) groups excluding carboxylic acids is 2. The van der Waals surface area contributed by atoms with Crippen molar-refractivity contribution in [1.82, 2.24) is 9.80 Å². The van der Waals surface area contributed by atoms with Crippen LogP contribution in [0, 0.1) is 5.92 Å². The number of hydrogen-bond donors (Lipinski definition) is 0. The van der Waals surface area contributed by atoms with Gasteiger partial charge in [0.1, 0.15) is 0 Å². The summed E-state index contributed by atoms with van der Waals surface area (Å²) in [6, 6.07) is 8.05. The van der Waals surface area contributed by atoms with E-state index >= 15 is 0 Å². The Morgan fingerprint density at radius 1 is 0.704 bits per heavy atom. The molecule has 5 nitrogen and oxygen atoms in total. The van der Waals surface area contributed by atoms with Crippen molar-refractivity contribution in [3.63, 3.8) is 0 Å². The molecule has 0 aromatic heterocycles. The number of nitrogens with zero attached hydrogens (tertiary/aromatic N) is 3. The third-order valence-corrected chi connectivity index (χ3v) is 6.42. The number of anilines is 1. The summed E-state index contributed by atoms with van der Waals surface area (Å²) in [4.78, 5) is 31.8. The van der Waals surface area contributed by atoms with Crippen LogP contribution in [0.2, 0.25) is 0 Å². The highest BCUT2D eigenvalue weighted by Crippen LogP contribution is 2.26. The summed E-state index contributed by atoms with van der Waals surface area (Å²) in [5.74, 6) is 0.628. The van der Waals surface area contributed by atoms with E-state index < -0.39 is 0 Å². The van der Waals surface area contributed by atoms with Crippen LogP contribution in [-0.2, 0) is 4.79 Å². The summed E-state index contributed by atoms with van der Waals surface area (Å²) in [6.07, 6.45) is 8.23.